The number of ketones is 1. The normalized spacial score (nSPS) is 21.4. The number of aryl methyl sites for hydroxylation is 2. The van der Waals surface area contributed by atoms with E-state index in [4.69, 9.17) is 0 Å². The predicted octanol–water partition coefficient (Wildman–Crippen LogP) is 2.76. The van der Waals surface area contributed by atoms with Gasteiger partial charge in [-0.25, -0.2) is 0 Å². The first-order valence-corrected chi connectivity index (χ1v) is 4.82. The molecule has 0 heterocycles. The molecule has 1 unspecified atom stereocenters. The molecule has 0 N–H and O–H groups in total. The fourth-order valence-corrected chi connectivity index (χ4v) is 1.94. The monoisotopic (exact) mass is 174 g/mol. The summed E-state index contributed by atoms with van der Waals surface area (Å²) >= 11 is 0. The van der Waals surface area contributed by atoms with Gasteiger partial charge >= 0.3 is 0 Å². The topological polar surface area (TPSA) is 17.1 Å². The van der Waals surface area contributed by atoms with Crippen LogP contribution in [0.3, 0.4) is 0 Å². The first kappa shape index (κ1) is 8.49. The van der Waals surface area contributed by atoms with Crippen LogP contribution in [0, 0.1) is 12.8 Å². The standard InChI is InChI=1S/C12H14O/c1-8-3-6-11-10(7-8)5-4-9(2)12(11)13/h3,6-7,9H,4-5H2,1-2H3. The molecule has 0 radical (unpaired) electrons. The third kappa shape index (κ3) is 1.39. The van der Waals surface area contributed by atoms with Gasteiger partial charge in [-0.1, -0.05) is 30.7 Å². The summed E-state index contributed by atoms with van der Waals surface area (Å²) in [6.45, 7) is 4.09. The zero-order valence-corrected chi connectivity index (χ0v) is 8.13. The van der Waals surface area contributed by atoms with Crippen molar-refractivity contribution < 1.29 is 4.79 Å². The van der Waals surface area contributed by atoms with Gasteiger partial charge in [-0.15, -0.1) is 0 Å². The van der Waals surface area contributed by atoms with E-state index in [1.807, 2.05) is 19.1 Å². The highest BCUT2D eigenvalue weighted by Gasteiger charge is 2.23. The molecule has 1 atom stereocenters. The van der Waals surface area contributed by atoms with E-state index in [0.717, 1.165) is 18.4 Å². The molecule has 1 aliphatic rings. The molecule has 0 saturated heterocycles. The number of fused-ring (bicyclic) bond motifs is 1. The van der Waals surface area contributed by atoms with E-state index in [1.54, 1.807) is 0 Å². The zero-order valence-electron chi connectivity index (χ0n) is 8.13. The van der Waals surface area contributed by atoms with Crippen molar-refractivity contribution in [1.29, 1.82) is 0 Å². The summed E-state index contributed by atoms with van der Waals surface area (Å²) in [5, 5.41) is 0. The molecule has 1 nitrogen and oxygen atoms in total. The minimum Gasteiger partial charge on any atom is -0.294 e. The first-order valence-electron chi connectivity index (χ1n) is 4.82. The maximum Gasteiger partial charge on any atom is 0.165 e. The molecule has 0 amide bonds. The van der Waals surface area contributed by atoms with Gasteiger partial charge in [-0.3, -0.25) is 4.79 Å². The predicted molar refractivity (Wildman–Crippen MR) is 53.0 cm³/mol. The van der Waals surface area contributed by atoms with Crippen LogP contribution in [-0.2, 0) is 6.42 Å². The maximum absolute atomic E-state index is 11.7. The van der Waals surface area contributed by atoms with E-state index >= 15 is 0 Å². The fourth-order valence-electron chi connectivity index (χ4n) is 1.94. The second-order valence-corrected chi connectivity index (χ2v) is 3.96. The van der Waals surface area contributed by atoms with Crippen LogP contribution < -0.4 is 0 Å². The molecule has 0 fully saturated rings. The minimum absolute atomic E-state index is 0.218. The molecule has 2 rings (SSSR count). The summed E-state index contributed by atoms with van der Waals surface area (Å²) in [5.74, 6) is 0.538. The van der Waals surface area contributed by atoms with E-state index < -0.39 is 0 Å². The molecule has 1 aromatic rings. The van der Waals surface area contributed by atoms with Crippen molar-refractivity contribution in [3.63, 3.8) is 0 Å². The molecule has 1 aliphatic carbocycles. The molecule has 68 valence electrons. The summed E-state index contributed by atoms with van der Waals surface area (Å²) in [6.07, 6.45) is 2.07. The van der Waals surface area contributed by atoms with Crippen LogP contribution in [0.4, 0.5) is 0 Å². The van der Waals surface area contributed by atoms with Crippen molar-refractivity contribution in [2.45, 2.75) is 26.7 Å². The maximum atomic E-state index is 11.7. The third-order valence-corrected chi connectivity index (χ3v) is 2.82. The lowest BCUT2D eigenvalue weighted by molar-refractivity contribution is 0.0913. The number of Topliss-reactive ketones (excluding diaryl/α,β-unsaturated/α-hetero) is 1. The van der Waals surface area contributed by atoms with Crippen molar-refractivity contribution in [2.75, 3.05) is 0 Å². The summed E-state index contributed by atoms with van der Waals surface area (Å²) in [6, 6.07) is 6.14. The summed E-state index contributed by atoms with van der Waals surface area (Å²) < 4.78 is 0. The van der Waals surface area contributed by atoms with Crippen LogP contribution >= 0.6 is 0 Å². The van der Waals surface area contributed by atoms with Crippen molar-refractivity contribution in [2.24, 2.45) is 5.92 Å². The summed E-state index contributed by atoms with van der Waals surface area (Å²) in [7, 11) is 0. The van der Waals surface area contributed by atoms with Gasteiger partial charge in [-0.05, 0) is 25.3 Å². The molecule has 0 spiro atoms. The van der Waals surface area contributed by atoms with Crippen molar-refractivity contribution >= 4 is 5.78 Å². The quantitative estimate of drug-likeness (QED) is 0.591. The van der Waals surface area contributed by atoms with Crippen molar-refractivity contribution in [3.8, 4) is 0 Å². The Hall–Kier alpha value is -1.11. The van der Waals surface area contributed by atoms with E-state index in [2.05, 4.69) is 13.0 Å². The Kier molecular flexibility index (Phi) is 1.95. The lowest BCUT2D eigenvalue weighted by atomic mass is 9.83. The molecule has 0 saturated carbocycles. The van der Waals surface area contributed by atoms with Crippen LogP contribution in [0.5, 0.6) is 0 Å². The van der Waals surface area contributed by atoms with E-state index in [9.17, 15) is 4.79 Å². The molecule has 0 bridgehead atoms. The number of rotatable bonds is 0. The van der Waals surface area contributed by atoms with Crippen LogP contribution in [0.1, 0.15) is 34.8 Å². The second-order valence-electron chi connectivity index (χ2n) is 3.96. The Bertz CT molecular complexity index is 352. The van der Waals surface area contributed by atoms with Gasteiger partial charge in [0.1, 0.15) is 0 Å². The molecular weight excluding hydrogens is 160 g/mol. The average molecular weight is 174 g/mol. The molecule has 0 aliphatic heterocycles. The van der Waals surface area contributed by atoms with Crippen LogP contribution in [0.2, 0.25) is 0 Å². The van der Waals surface area contributed by atoms with Crippen LogP contribution in [0.25, 0.3) is 0 Å². The molecular formula is C12H14O. The highest BCUT2D eigenvalue weighted by Crippen LogP contribution is 2.25. The number of hydrogen-bond acceptors (Lipinski definition) is 1. The highest BCUT2D eigenvalue weighted by atomic mass is 16.1. The Labute approximate surface area is 78.8 Å². The molecule has 13 heavy (non-hydrogen) atoms. The fraction of sp³-hybridized carbons (Fsp3) is 0.417. The van der Waals surface area contributed by atoms with Gasteiger partial charge in [0.05, 0.1) is 0 Å². The number of benzene rings is 1. The Morgan fingerprint density at radius 3 is 2.92 bits per heavy atom. The van der Waals surface area contributed by atoms with E-state index in [0.29, 0.717) is 5.78 Å². The second kappa shape index (κ2) is 2.99. The minimum atomic E-state index is 0.218. The SMILES string of the molecule is Cc1ccc2c(c1)CCC(C)C2=O. The Morgan fingerprint density at radius 2 is 2.15 bits per heavy atom. The van der Waals surface area contributed by atoms with Crippen LogP contribution in [0.15, 0.2) is 18.2 Å². The van der Waals surface area contributed by atoms with Gasteiger partial charge in [0.15, 0.2) is 5.78 Å². The first-order chi connectivity index (χ1) is 6.18. The smallest absolute Gasteiger partial charge is 0.165 e. The Balaban J connectivity index is 2.50. The van der Waals surface area contributed by atoms with Gasteiger partial charge in [-0.2, -0.15) is 0 Å². The van der Waals surface area contributed by atoms with Crippen LogP contribution in [-0.4, -0.2) is 5.78 Å². The van der Waals surface area contributed by atoms with E-state index in [-0.39, 0.29) is 5.92 Å². The molecule has 1 heteroatoms. The third-order valence-electron chi connectivity index (χ3n) is 2.82. The van der Waals surface area contributed by atoms with E-state index in [1.165, 1.54) is 11.1 Å². The number of hydrogen-bond donors (Lipinski definition) is 0. The summed E-state index contributed by atoms with van der Waals surface area (Å²) in [4.78, 5) is 11.7. The van der Waals surface area contributed by atoms with Gasteiger partial charge in [0.2, 0.25) is 0 Å². The van der Waals surface area contributed by atoms with Gasteiger partial charge in [0, 0.05) is 11.5 Å². The van der Waals surface area contributed by atoms with Gasteiger partial charge in [0.25, 0.3) is 0 Å². The zero-order chi connectivity index (χ0) is 9.42. The number of carbonyl (C=O) groups excluding carboxylic acids is 1. The largest absolute Gasteiger partial charge is 0.294 e. The molecule has 1 aromatic carbocycles. The van der Waals surface area contributed by atoms with Crippen molar-refractivity contribution in [1.82, 2.24) is 0 Å². The van der Waals surface area contributed by atoms with Gasteiger partial charge < -0.3 is 0 Å². The lowest BCUT2D eigenvalue weighted by Gasteiger charge is -2.20. The Morgan fingerprint density at radius 1 is 1.38 bits per heavy atom. The van der Waals surface area contributed by atoms with Crippen molar-refractivity contribution in [3.05, 3.63) is 34.9 Å². The number of carbonyl (C=O) groups is 1. The highest BCUT2D eigenvalue weighted by molar-refractivity contribution is 6.00. The molecule has 0 aromatic heterocycles. The average Bonchev–Trinajstić information content (AvgIpc) is 2.12. The summed E-state index contributed by atoms with van der Waals surface area (Å²) in [5.41, 5.74) is 3.44. The lowest BCUT2D eigenvalue weighted by Crippen LogP contribution is -2.19.